The second kappa shape index (κ2) is 8.56. The monoisotopic (exact) mass is 414 g/mol. The van der Waals surface area contributed by atoms with Gasteiger partial charge in [0.1, 0.15) is 5.75 Å². The summed E-state index contributed by atoms with van der Waals surface area (Å²) in [6, 6.07) is 6.51. The Hall–Kier alpha value is -2.73. The van der Waals surface area contributed by atoms with Crippen LogP contribution in [-0.4, -0.2) is 70.4 Å². The largest absolute Gasteiger partial charge is 0.508 e. The molecular formula is C19H30N10O. The van der Waals surface area contributed by atoms with Gasteiger partial charge in [-0.2, -0.15) is 15.0 Å². The Balaban J connectivity index is 1.67. The van der Waals surface area contributed by atoms with Gasteiger partial charge in [0.15, 0.2) is 0 Å². The lowest BCUT2D eigenvalue weighted by Gasteiger charge is -2.37. The molecule has 11 nitrogen and oxygen atoms in total. The number of aromatic hydroxyl groups is 1. The van der Waals surface area contributed by atoms with Crippen LogP contribution in [0.4, 0.5) is 23.5 Å². The summed E-state index contributed by atoms with van der Waals surface area (Å²) in [6.45, 7) is 2.48. The fourth-order valence-electron chi connectivity index (χ4n) is 4.05. The predicted molar refractivity (Wildman–Crippen MR) is 117 cm³/mol. The number of hydrogen-bond acceptors (Lipinski definition) is 11. The molecule has 2 aliphatic heterocycles. The quantitative estimate of drug-likeness (QED) is 0.339. The molecule has 162 valence electrons. The first-order valence-electron chi connectivity index (χ1n) is 10.2. The van der Waals surface area contributed by atoms with Crippen molar-refractivity contribution in [3.05, 3.63) is 24.3 Å². The third-order valence-corrected chi connectivity index (χ3v) is 5.33. The van der Waals surface area contributed by atoms with Gasteiger partial charge in [0.25, 0.3) is 0 Å². The molecular weight excluding hydrogens is 384 g/mol. The number of nitrogens with zero attached hydrogens (tertiary/aromatic N) is 5. The fraction of sp³-hybridized carbons (Fsp3) is 0.526. The van der Waals surface area contributed by atoms with Crippen LogP contribution in [0.25, 0.3) is 0 Å². The highest BCUT2D eigenvalue weighted by Gasteiger charge is 2.28. The normalized spacial score (nSPS) is 27.2. The molecule has 0 aliphatic carbocycles. The van der Waals surface area contributed by atoms with Gasteiger partial charge in [0.2, 0.25) is 17.8 Å². The molecule has 11 heteroatoms. The summed E-state index contributed by atoms with van der Waals surface area (Å²) in [4.78, 5) is 17.9. The van der Waals surface area contributed by atoms with Crippen molar-refractivity contribution in [1.29, 1.82) is 0 Å². The summed E-state index contributed by atoms with van der Waals surface area (Å²) in [5.74, 6) is 1.60. The first-order valence-corrected chi connectivity index (χ1v) is 10.2. The van der Waals surface area contributed by atoms with Crippen LogP contribution in [0, 0.1) is 0 Å². The maximum absolute atomic E-state index is 9.52. The van der Waals surface area contributed by atoms with Crippen molar-refractivity contribution >= 4 is 23.5 Å². The molecule has 10 N–H and O–H groups in total. The Kier molecular flexibility index (Phi) is 5.86. The lowest BCUT2D eigenvalue weighted by atomic mass is 10.0. The van der Waals surface area contributed by atoms with E-state index in [1.54, 1.807) is 24.3 Å². The molecule has 0 radical (unpaired) electrons. The topological polar surface area (TPSA) is 181 Å². The first kappa shape index (κ1) is 20.5. The number of piperidine rings is 2. The molecule has 0 spiro atoms. The van der Waals surface area contributed by atoms with E-state index in [4.69, 9.17) is 27.9 Å². The highest BCUT2D eigenvalue weighted by molar-refractivity contribution is 5.57. The number of aromatic nitrogens is 3. The fourth-order valence-corrected chi connectivity index (χ4v) is 4.05. The van der Waals surface area contributed by atoms with Crippen molar-refractivity contribution in [1.82, 2.24) is 15.0 Å². The Bertz CT molecular complexity index is 799. The van der Waals surface area contributed by atoms with Crippen molar-refractivity contribution in [3.8, 4) is 5.75 Å². The molecule has 4 atom stereocenters. The van der Waals surface area contributed by atoms with E-state index in [-0.39, 0.29) is 29.9 Å². The molecule has 30 heavy (non-hydrogen) atoms. The summed E-state index contributed by atoms with van der Waals surface area (Å²) in [6.07, 6.45) is 1.53. The number of nitrogens with one attached hydrogen (secondary N) is 1. The smallest absolute Gasteiger partial charge is 0.233 e. The third kappa shape index (κ3) is 4.87. The van der Waals surface area contributed by atoms with E-state index in [1.807, 2.05) is 9.80 Å². The third-order valence-electron chi connectivity index (χ3n) is 5.33. The number of benzene rings is 1. The van der Waals surface area contributed by atoms with Crippen LogP contribution in [0.5, 0.6) is 5.75 Å². The number of phenolic OH excluding ortho intramolecular Hbond substituents is 1. The van der Waals surface area contributed by atoms with Crippen molar-refractivity contribution < 1.29 is 5.11 Å². The molecule has 0 amide bonds. The number of anilines is 4. The number of nitrogens with two attached hydrogens (primary N) is 4. The van der Waals surface area contributed by atoms with Crippen LogP contribution >= 0.6 is 0 Å². The van der Waals surface area contributed by atoms with Crippen LogP contribution in [0.15, 0.2) is 24.3 Å². The van der Waals surface area contributed by atoms with Crippen molar-refractivity contribution in [2.24, 2.45) is 22.9 Å². The van der Waals surface area contributed by atoms with Crippen LogP contribution in [0.1, 0.15) is 12.8 Å². The summed E-state index contributed by atoms with van der Waals surface area (Å²) in [5.41, 5.74) is 25.4. The molecule has 2 aliphatic rings. The molecule has 2 saturated heterocycles. The second-order valence-corrected chi connectivity index (χ2v) is 8.25. The molecule has 0 bridgehead atoms. The predicted octanol–water partition coefficient (Wildman–Crippen LogP) is -0.950. The van der Waals surface area contributed by atoms with Crippen LogP contribution < -0.4 is 38.1 Å². The van der Waals surface area contributed by atoms with Gasteiger partial charge in [-0.05, 0) is 37.1 Å². The zero-order chi connectivity index (χ0) is 21.3. The molecule has 0 saturated carbocycles. The highest BCUT2D eigenvalue weighted by atomic mass is 16.3. The molecule has 0 unspecified atom stereocenters. The molecule has 2 fully saturated rings. The van der Waals surface area contributed by atoms with E-state index in [0.29, 0.717) is 44.0 Å². The van der Waals surface area contributed by atoms with Gasteiger partial charge in [0, 0.05) is 56.0 Å². The van der Waals surface area contributed by atoms with Gasteiger partial charge < -0.3 is 43.2 Å². The van der Waals surface area contributed by atoms with E-state index in [1.165, 1.54) is 0 Å². The van der Waals surface area contributed by atoms with E-state index in [2.05, 4.69) is 15.3 Å². The second-order valence-electron chi connectivity index (χ2n) is 8.25. The lowest BCUT2D eigenvalue weighted by Crippen LogP contribution is -2.54. The Morgan fingerprint density at radius 2 is 1.17 bits per heavy atom. The van der Waals surface area contributed by atoms with Crippen molar-refractivity contribution in [2.75, 3.05) is 41.3 Å². The van der Waals surface area contributed by atoms with E-state index in [9.17, 15) is 5.11 Å². The summed E-state index contributed by atoms with van der Waals surface area (Å²) in [7, 11) is 0. The lowest BCUT2D eigenvalue weighted by molar-refractivity contribution is 0.441. The number of hydrogen-bond donors (Lipinski definition) is 6. The molecule has 2 aromatic rings. The molecule has 4 rings (SSSR count). The Morgan fingerprint density at radius 1 is 0.733 bits per heavy atom. The summed E-state index contributed by atoms with van der Waals surface area (Å²) >= 11 is 0. The minimum Gasteiger partial charge on any atom is -0.508 e. The van der Waals surface area contributed by atoms with Crippen LogP contribution in [0.3, 0.4) is 0 Å². The van der Waals surface area contributed by atoms with Gasteiger partial charge in [-0.1, -0.05) is 0 Å². The minimum absolute atomic E-state index is 0.0423. The maximum atomic E-state index is 9.52. The minimum atomic E-state index is -0.0423. The van der Waals surface area contributed by atoms with Crippen molar-refractivity contribution in [2.45, 2.75) is 37.0 Å². The highest BCUT2D eigenvalue weighted by Crippen LogP contribution is 2.24. The molecule has 1 aromatic carbocycles. The zero-order valence-electron chi connectivity index (χ0n) is 16.9. The first-order chi connectivity index (χ1) is 14.4. The molecule has 3 heterocycles. The number of rotatable bonds is 4. The molecule has 1 aromatic heterocycles. The summed E-state index contributed by atoms with van der Waals surface area (Å²) in [5, 5.41) is 12.7. The Morgan fingerprint density at radius 3 is 1.60 bits per heavy atom. The van der Waals surface area contributed by atoms with E-state index < -0.39 is 0 Å². The number of phenols is 1. The maximum Gasteiger partial charge on any atom is 0.233 e. The SMILES string of the molecule is N[C@@H]1C[C@H](N)CN(c2nc(Nc3ccc(O)cc3)nc(N3C[C@H](N)C[C@H](N)C3)n2)C1. The Labute approximate surface area is 175 Å². The van der Waals surface area contributed by atoms with Gasteiger partial charge >= 0.3 is 0 Å². The van der Waals surface area contributed by atoms with E-state index >= 15 is 0 Å². The zero-order valence-corrected chi connectivity index (χ0v) is 16.9. The average molecular weight is 415 g/mol. The van der Waals surface area contributed by atoms with Gasteiger partial charge in [-0.15, -0.1) is 0 Å². The van der Waals surface area contributed by atoms with Gasteiger partial charge in [-0.3, -0.25) is 0 Å². The average Bonchev–Trinajstić information content (AvgIpc) is 2.68. The van der Waals surface area contributed by atoms with Crippen molar-refractivity contribution in [3.63, 3.8) is 0 Å². The standard InChI is InChI=1S/C19H30N10O/c20-11-5-12(21)8-28(7-11)18-25-17(24-15-1-3-16(30)4-2-15)26-19(27-18)29-9-13(22)6-14(23)10-29/h1-4,11-14,30H,5-10,20-23H2,(H,24,25,26,27)/t11-,12+,13-,14+. The van der Waals surface area contributed by atoms with Gasteiger partial charge in [-0.25, -0.2) is 0 Å². The van der Waals surface area contributed by atoms with Crippen LogP contribution in [-0.2, 0) is 0 Å². The van der Waals surface area contributed by atoms with Gasteiger partial charge in [0.05, 0.1) is 0 Å². The summed E-state index contributed by atoms with van der Waals surface area (Å²) < 4.78 is 0. The van der Waals surface area contributed by atoms with Crippen LogP contribution in [0.2, 0.25) is 0 Å². The van der Waals surface area contributed by atoms with E-state index in [0.717, 1.165) is 18.5 Å².